The second-order valence-corrected chi connectivity index (χ2v) is 9.37. The molecular weight excluding hydrogens is 558 g/mol. The normalized spacial score (nSPS) is 11.0. The molecule has 2 N–H and O–H groups in total. The molecule has 0 saturated heterocycles. The molecule has 0 atom stereocenters. The zero-order valence-electron chi connectivity index (χ0n) is 20.1. The number of phenolic OH excluding ortho intramolecular Hbond substituents is 1. The quantitative estimate of drug-likeness (QED) is 0.153. The van der Waals surface area contributed by atoms with Gasteiger partial charge in [0.05, 0.1) is 30.2 Å². The van der Waals surface area contributed by atoms with Crippen LogP contribution in [0.25, 0.3) is 17.1 Å². The first kappa shape index (κ1) is 26.2. The number of ether oxygens (including phenoxy) is 2. The Labute approximate surface area is 226 Å². The number of amides is 1. The van der Waals surface area contributed by atoms with Crippen LogP contribution in [0.4, 0.5) is 0 Å². The lowest BCUT2D eigenvalue weighted by molar-refractivity contribution is -0.118. The van der Waals surface area contributed by atoms with Crippen LogP contribution >= 0.6 is 27.7 Å². The summed E-state index contributed by atoms with van der Waals surface area (Å²) in [5.41, 5.74) is 4.90. The molecule has 0 aliphatic rings. The van der Waals surface area contributed by atoms with E-state index >= 15 is 0 Å². The first-order valence-corrected chi connectivity index (χ1v) is 13.0. The summed E-state index contributed by atoms with van der Waals surface area (Å²) in [6, 6.07) is 20.6. The largest absolute Gasteiger partial charge is 0.503 e. The average Bonchev–Trinajstić information content (AvgIpc) is 3.34. The maximum atomic E-state index is 12.5. The minimum Gasteiger partial charge on any atom is -0.503 e. The SMILES string of the molecule is CCOc1ccc(-n2c(SCC(=O)NN=Cc3cc(Br)c(O)c(OC)c3)nnc2-c2ccccc2)cc1. The van der Waals surface area contributed by atoms with E-state index in [-0.39, 0.29) is 17.4 Å². The van der Waals surface area contributed by atoms with E-state index in [1.165, 1.54) is 25.1 Å². The smallest absolute Gasteiger partial charge is 0.250 e. The van der Waals surface area contributed by atoms with Crippen molar-refractivity contribution in [2.24, 2.45) is 5.10 Å². The van der Waals surface area contributed by atoms with Crippen molar-refractivity contribution in [1.29, 1.82) is 0 Å². The number of hydrazone groups is 1. The number of carbonyl (C=O) groups is 1. The van der Waals surface area contributed by atoms with Crippen LogP contribution in [-0.4, -0.2) is 51.5 Å². The minimum absolute atomic E-state index is 0.00778. The molecule has 4 rings (SSSR count). The Balaban J connectivity index is 1.49. The maximum Gasteiger partial charge on any atom is 0.250 e. The molecule has 37 heavy (non-hydrogen) atoms. The molecule has 1 aromatic heterocycles. The standard InChI is InChI=1S/C26H24BrN5O4S/c1-3-36-20-11-9-19(10-12-20)32-25(18-7-5-4-6-8-18)30-31-26(32)37-16-23(33)29-28-15-17-13-21(27)24(34)22(14-17)35-2/h4-15,34H,3,16H2,1-2H3,(H,29,33). The molecule has 0 aliphatic heterocycles. The molecule has 4 aromatic rings. The predicted octanol–water partition coefficient (Wildman–Crippen LogP) is 5.05. The Kier molecular flexibility index (Phi) is 8.81. The molecule has 0 bridgehead atoms. The Bertz CT molecular complexity index is 1390. The maximum absolute atomic E-state index is 12.5. The van der Waals surface area contributed by atoms with Crippen LogP contribution in [0, 0.1) is 0 Å². The third kappa shape index (κ3) is 6.49. The van der Waals surface area contributed by atoms with Crippen molar-refractivity contribution in [3.05, 3.63) is 76.8 Å². The fraction of sp³-hybridized carbons (Fsp3) is 0.154. The summed E-state index contributed by atoms with van der Waals surface area (Å²) in [6.45, 7) is 2.52. The predicted molar refractivity (Wildman–Crippen MR) is 147 cm³/mol. The number of nitrogens with zero attached hydrogens (tertiary/aromatic N) is 4. The molecule has 0 spiro atoms. The molecule has 0 aliphatic carbocycles. The van der Waals surface area contributed by atoms with Gasteiger partial charge in [-0.05, 0) is 64.8 Å². The number of methoxy groups -OCH3 is 1. The minimum atomic E-state index is -0.312. The van der Waals surface area contributed by atoms with Gasteiger partial charge in [-0.15, -0.1) is 10.2 Å². The Morgan fingerprint density at radius 3 is 2.62 bits per heavy atom. The highest BCUT2D eigenvalue weighted by Gasteiger charge is 2.17. The van der Waals surface area contributed by atoms with E-state index < -0.39 is 0 Å². The van der Waals surface area contributed by atoms with Gasteiger partial charge in [-0.1, -0.05) is 42.1 Å². The Hall–Kier alpha value is -3.83. The highest BCUT2D eigenvalue weighted by atomic mass is 79.9. The van der Waals surface area contributed by atoms with Gasteiger partial charge in [-0.25, -0.2) is 5.43 Å². The van der Waals surface area contributed by atoms with Gasteiger partial charge >= 0.3 is 0 Å². The van der Waals surface area contributed by atoms with Gasteiger partial charge in [-0.2, -0.15) is 5.10 Å². The molecule has 0 radical (unpaired) electrons. The number of halogens is 1. The van der Waals surface area contributed by atoms with E-state index in [9.17, 15) is 9.90 Å². The third-order valence-electron chi connectivity index (χ3n) is 5.08. The van der Waals surface area contributed by atoms with Crippen molar-refractivity contribution in [2.45, 2.75) is 12.1 Å². The molecule has 1 amide bonds. The van der Waals surface area contributed by atoms with Crippen LogP contribution in [0.2, 0.25) is 0 Å². The van der Waals surface area contributed by atoms with Crippen molar-refractivity contribution in [3.63, 3.8) is 0 Å². The summed E-state index contributed by atoms with van der Waals surface area (Å²) >= 11 is 4.51. The van der Waals surface area contributed by atoms with Crippen molar-refractivity contribution in [1.82, 2.24) is 20.2 Å². The lowest BCUT2D eigenvalue weighted by Crippen LogP contribution is -2.20. The van der Waals surface area contributed by atoms with Crippen LogP contribution < -0.4 is 14.9 Å². The number of thioether (sulfide) groups is 1. The topological polar surface area (TPSA) is 111 Å². The number of nitrogens with one attached hydrogen (secondary N) is 1. The second kappa shape index (κ2) is 12.4. The third-order valence-corrected chi connectivity index (χ3v) is 6.61. The van der Waals surface area contributed by atoms with Gasteiger partial charge in [0.2, 0.25) is 0 Å². The molecule has 0 saturated carbocycles. The highest BCUT2D eigenvalue weighted by molar-refractivity contribution is 9.10. The fourth-order valence-corrected chi connectivity index (χ4v) is 4.60. The summed E-state index contributed by atoms with van der Waals surface area (Å²) in [4.78, 5) is 12.5. The van der Waals surface area contributed by atoms with E-state index in [0.29, 0.717) is 33.4 Å². The number of hydrogen-bond acceptors (Lipinski definition) is 8. The summed E-state index contributed by atoms with van der Waals surface area (Å²) in [5, 5.41) is 23.2. The van der Waals surface area contributed by atoms with Gasteiger partial charge in [-0.3, -0.25) is 9.36 Å². The van der Waals surface area contributed by atoms with Crippen molar-refractivity contribution >= 4 is 39.8 Å². The molecule has 11 heteroatoms. The van der Waals surface area contributed by atoms with Crippen LogP contribution in [-0.2, 0) is 4.79 Å². The Morgan fingerprint density at radius 2 is 1.92 bits per heavy atom. The van der Waals surface area contributed by atoms with E-state index in [2.05, 4.69) is 36.7 Å². The molecule has 1 heterocycles. The van der Waals surface area contributed by atoms with Gasteiger partial charge in [0, 0.05) is 11.3 Å². The number of aromatic nitrogens is 3. The number of aromatic hydroxyl groups is 1. The lowest BCUT2D eigenvalue weighted by Gasteiger charge is -2.11. The Morgan fingerprint density at radius 1 is 1.16 bits per heavy atom. The molecule has 190 valence electrons. The van der Waals surface area contributed by atoms with E-state index in [0.717, 1.165) is 17.0 Å². The molecule has 9 nitrogen and oxygen atoms in total. The average molecular weight is 582 g/mol. The fourth-order valence-electron chi connectivity index (χ4n) is 3.39. The van der Waals surface area contributed by atoms with Gasteiger partial charge < -0.3 is 14.6 Å². The highest BCUT2D eigenvalue weighted by Crippen LogP contribution is 2.34. The number of rotatable bonds is 10. The monoisotopic (exact) mass is 581 g/mol. The van der Waals surface area contributed by atoms with Crippen LogP contribution in [0.5, 0.6) is 17.2 Å². The van der Waals surface area contributed by atoms with Crippen LogP contribution in [0.15, 0.2) is 81.5 Å². The van der Waals surface area contributed by atoms with E-state index in [1.807, 2.05) is 66.1 Å². The summed E-state index contributed by atoms with van der Waals surface area (Å²) in [6.07, 6.45) is 1.46. The summed E-state index contributed by atoms with van der Waals surface area (Å²) in [7, 11) is 1.46. The van der Waals surface area contributed by atoms with Crippen molar-refractivity contribution < 1.29 is 19.4 Å². The zero-order chi connectivity index (χ0) is 26.2. The number of phenols is 1. The molecular formula is C26H24BrN5O4S. The van der Waals surface area contributed by atoms with E-state index in [4.69, 9.17) is 9.47 Å². The van der Waals surface area contributed by atoms with Crippen molar-refractivity contribution in [3.8, 4) is 34.3 Å². The van der Waals surface area contributed by atoms with E-state index in [1.54, 1.807) is 12.1 Å². The van der Waals surface area contributed by atoms with Crippen molar-refractivity contribution in [2.75, 3.05) is 19.5 Å². The second-order valence-electron chi connectivity index (χ2n) is 7.57. The molecule has 3 aromatic carbocycles. The zero-order valence-corrected chi connectivity index (χ0v) is 22.5. The molecule has 0 fully saturated rings. The number of hydrogen-bond donors (Lipinski definition) is 2. The summed E-state index contributed by atoms with van der Waals surface area (Å²) in [5.74, 6) is 1.48. The first-order valence-electron chi connectivity index (χ1n) is 11.3. The van der Waals surface area contributed by atoms with Gasteiger partial charge in [0.15, 0.2) is 22.5 Å². The van der Waals surface area contributed by atoms with Crippen LogP contribution in [0.3, 0.4) is 0 Å². The van der Waals surface area contributed by atoms with Gasteiger partial charge in [0.1, 0.15) is 5.75 Å². The van der Waals surface area contributed by atoms with Gasteiger partial charge in [0.25, 0.3) is 5.91 Å². The number of carbonyl (C=O) groups excluding carboxylic acids is 1. The summed E-state index contributed by atoms with van der Waals surface area (Å²) < 4.78 is 13.1. The molecule has 0 unspecified atom stereocenters. The number of benzene rings is 3. The lowest BCUT2D eigenvalue weighted by atomic mass is 10.2. The van der Waals surface area contributed by atoms with Crippen LogP contribution in [0.1, 0.15) is 12.5 Å². The first-order chi connectivity index (χ1) is 18.0.